The van der Waals surface area contributed by atoms with Gasteiger partial charge in [0.05, 0.1) is 29.9 Å². The molecule has 3 N–H and O–H groups in total. The summed E-state index contributed by atoms with van der Waals surface area (Å²) in [4.78, 5) is 33.6. The lowest BCUT2D eigenvalue weighted by atomic mass is 10.1. The number of rotatable bonds is 6. The molecule has 0 aliphatic heterocycles. The van der Waals surface area contributed by atoms with Crippen molar-refractivity contribution in [3.63, 3.8) is 0 Å². The number of nitrogen functional groups attached to an aromatic ring is 1. The predicted octanol–water partition coefficient (Wildman–Crippen LogP) is 2.75. The molecule has 0 bridgehead atoms. The second-order valence-electron chi connectivity index (χ2n) is 6.81. The number of ether oxygens (including phenoxy) is 1. The highest BCUT2D eigenvalue weighted by molar-refractivity contribution is 6.10. The number of nitrogens with one attached hydrogen (secondary N) is 1. The van der Waals surface area contributed by atoms with Crippen LogP contribution in [0.3, 0.4) is 0 Å². The number of methoxy groups -OCH3 is 1. The fraction of sp³-hybridized carbons (Fsp3) is 0.0870. The monoisotopic (exact) mass is 428 g/mol. The first-order valence-corrected chi connectivity index (χ1v) is 9.72. The van der Waals surface area contributed by atoms with Crippen molar-refractivity contribution < 1.29 is 14.3 Å². The van der Waals surface area contributed by atoms with Crippen LogP contribution in [0.5, 0.6) is 0 Å². The third kappa shape index (κ3) is 3.79. The van der Waals surface area contributed by atoms with Crippen molar-refractivity contribution in [2.45, 2.75) is 0 Å². The first-order valence-electron chi connectivity index (χ1n) is 9.72. The van der Waals surface area contributed by atoms with Crippen molar-refractivity contribution in [1.29, 1.82) is 0 Å². The number of benzene rings is 2. The number of aromatic nitrogens is 3. The second-order valence-corrected chi connectivity index (χ2v) is 6.81. The van der Waals surface area contributed by atoms with E-state index in [9.17, 15) is 9.59 Å². The van der Waals surface area contributed by atoms with Crippen LogP contribution in [0.4, 0.5) is 5.82 Å². The van der Waals surface area contributed by atoms with Gasteiger partial charge >= 0.3 is 5.97 Å². The van der Waals surface area contributed by atoms with Gasteiger partial charge in [0.2, 0.25) is 0 Å². The van der Waals surface area contributed by atoms with Crippen molar-refractivity contribution >= 4 is 46.1 Å². The summed E-state index contributed by atoms with van der Waals surface area (Å²) in [5, 5.41) is 7.16. The van der Waals surface area contributed by atoms with Crippen LogP contribution in [0.2, 0.25) is 0 Å². The molecule has 0 atom stereocenters. The van der Waals surface area contributed by atoms with Gasteiger partial charge < -0.3 is 15.8 Å². The molecule has 2 heterocycles. The molecule has 0 spiro atoms. The highest BCUT2D eigenvalue weighted by Crippen LogP contribution is 2.27. The average molecular weight is 428 g/mol. The maximum atomic E-state index is 12.8. The molecule has 2 aromatic heterocycles. The van der Waals surface area contributed by atoms with Crippen LogP contribution in [0.25, 0.3) is 22.2 Å². The van der Waals surface area contributed by atoms with E-state index >= 15 is 0 Å². The smallest absolute Gasteiger partial charge is 0.337 e. The number of anilines is 1. The molecule has 4 aromatic rings. The lowest BCUT2D eigenvalue weighted by Crippen LogP contribution is -2.24. The van der Waals surface area contributed by atoms with Gasteiger partial charge in [-0.2, -0.15) is 9.78 Å². The van der Waals surface area contributed by atoms with Crippen LogP contribution in [0, 0.1) is 0 Å². The summed E-state index contributed by atoms with van der Waals surface area (Å²) in [6.07, 6.45) is 3.13. The Labute approximate surface area is 183 Å². The molecule has 9 nitrogen and oxygen atoms in total. The molecule has 1 amide bonds. The van der Waals surface area contributed by atoms with Gasteiger partial charge in [-0.1, -0.05) is 30.3 Å². The van der Waals surface area contributed by atoms with E-state index in [1.165, 1.54) is 11.8 Å². The molecule has 0 aliphatic carbocycles. The van der Waals surface area contributed by atoms with Crippen LogP contribution in [0.15, 0.2) is 66.3 Å². The molecular formula is C23H20N6O3. The minimum atomic E-state index is -0.425. The summed E-state index contributed by atoms with van der Waals surface area (Å²) in [6, 6.07) is 14.0. The van der Waals surface area contributed by atoms with E-state index in [1.807, 2.05) is 24.3 Å². The van der Waals surface area contributed by atoms with Gasteiger partial charge in [0.1, 0.15) is 16.9 Å². The number of para-hydroxylation sites is 2. The number of nitrogens with two attached hydrogens (primary N) is 1. The van der Waals surface area contributed by atoms with Crippen LogP contribution in [-0.2, 0) is 4.74 Å². The predicted molar refractivity (Wildman–Crippen MR) is 123 cm³/mol. The third-order valence-electron chi connectivity index (χ3n) is 4.76. The molecule has 0 saturated heterocycles. The van der Waals surface area contributed by atoms with E-state index in [0.29, 0.717) is 33.3 Å². The number of hydrogen-bond acceptors (Lipinski definition) is 7. The van der Waals surface area contributed by atoms with E-state index in [0.717, 1.165) is 0 Å². The Hall–Kier alpha value is -4.53. The Morgan fingerprint density at radius 2 is 1.84 bits per heavy atom. The van der Waals surface area contributed by atoms with Gasteiger partial charge in [-0.25, -0.2) is 14.8 Å². The molecule has 9 heteroatoms. The highest BCUT2D eigenvalue weighted by Gasteiger charge is 2.23. The van der Waals surface area contributed by atoms with E-state index in [-0.39, 0.29) is 17.9 Å². The van der Waals surface area contributed by atoms with Gasteiger partial charge in [-0.05, 0) is 29.8 Å². The van der Waals surface area contributed by atoms with Gasteiger partial charge in [-0.15, -0.1) is 6.58 Å². The van der Waals surface area contributed by atoms with Gasteiger partial charge in [0.15, 0.2) is 5.65 Å². The number of fused-ring (bicyclic) bond motifs is 2. The van der Waals surface area contributed by atoms with Gasteiger partial charge in [0.25, 0.3) is 5.91 Å². The first kappa shape index (κ1) is 20.7. The van der Waals surface area contributed by atoms with E-state index in [4.69, 9.17) is 10.5 Å². The maximum absolute atomic E-state index is 12.8. The van der Waals surface area contributed by atoms with Crippen molar-refractivity contribution in [2.24, 2.45) is 5.10 Å². The summed E-state index contributed by atoms with van der Waals surface area (Å²) in [7, 11) is 1.32. The minimum Gasteiger partial charge on any atom is -0.465 e. The number of hydrogen-bond donors (Lipinski definition) is 2. The van der Waals surface area contributed by atoms with E-state index in [1.54, 1.807) is 36.6 Å². The Morgan fingerprint density at radius 1 is 1.16 bits per heavy atom. The largest absolute Gasteiger partial charge is 0.465 e. The Balaban J connectivity index is 1.82. The quantitative estimate of drug-likeness (QED) is 0.276. The van der Waals surface area contributed by atoms with E-state index < -0.39 is 11.9 Å². The van der Waals surface area contributed by atoms with E-state index in [2.05, 4.69) is 27.0 Å². The average Bonchev–Trinajstić information content (AvgIpc) is 3.09. The summed E-state index contributed by atoms with van der Waals surface area (Å²) < 4.78 is 6.09. The number of nitrogens with zero attached hydrogens (tertiary/aromatic N) is 4. The fourth-order valence-corrected chi connectivity index (χ4v) is 3.19. The standard InChI is InChI=1S/C23H20N6O3/c1-3-12-25-22(30)18-19-21(28-17-7-5-4-6-16(17)27-19)29(20(18)24)26-13-14-8-10-15(11-9-14)23(31)32-2/h3-11,13H,1,12,24H2,2H3,(H,25,30)/b26-13+. The third-order valence-corrected chi connectivity index (χ3v) is 4.76. The summed E-state index contributed by atoms with van der Waals surface area (Å²) in [5.41, 5.74) is 9.64. The van der Waals surface area contributed by atoms with Crippen molar-refractivity contribution in [3.05, 3.63) is 77.9 Å². The number of carbonyl (C=O) groups excluding carboxylic acids is 2. The molecule has 0 saturated carbocycles. The molecule has 160 valence electrons. The second kappa shape index (κ2) is 8.68. The highest BCUT2D eigenvalue weighted by atomic mass is 16.5. The molecule has 2 aromatic carbocycles. The fourth-order valence-electron chi connectivity index (χ4n) is 3.19. The lowest BCUT2D eigenvalue weighted by molar-refractivity contribution is 0.0600. The summed E-state index contributed by atoms with van der Waals surface area (Å²) in [5.74, 6) is -0.709. The SMILES string of the molecule is C=CCNC(=O)c1c(N)n(/N=C/c2ccc(C(=O)OC)cc2)c2nc3ccccc3nc12. The summed E-state index contributed by atoms with van der Waals surface area (Å²) >= 11 is 0. The minimum absolute atomic E-state index is 0.110. The molecule has 0 unspecified atom stereocenters. The van der Waals surface area contributed by atoms with Crippen LogP contribution < -0.4 is 11.1 Å². The zero-order chi connectivity index (χ0) is 22.7. The molecule has 4 rings (SSSR count). The molecule has 0 aliphatic rings. The normalized spacial score (nSPS) is 11.2. The van der Waals surface area contributed by atoms with Crippen LogP contribution in [-0.4, -0.2) is 46.4 Å². The Bertz CT molecular complexity index is 1370. The van der Waals surface area contributed by atoms with Gasteiger partial charge in [-0.3, -0.25) is 4.79 Å². The van der Waals surface area contributed by atoms with Crippen molar-refractivity contribution in [1.82, 2.24) is 20.0 Å². The lowest BCUT2D eigenvalue weighted by Gasteiger charge is -2.03. The number of esters is 1. The zero-order valence-corrected chi connectivity index (χ0v) is 17.3. The number of amides is 1. The van der Waals surface area contributed by atoms with Crippen molar-refractivity contribution in [3.8, 4) is 0 Å². The first-order chi connectivity index (χ1) is 15.5. The maximum Gasteiger partial charge on any atom is 0.337 e. The van der Waals surface area contributed by atoms with Crippen LogP contribution in [0.1, 0.15) is 26.3 Å². The van der Waals surface area contributed by atoms with Gasteiger partial charge in [0, 0.05) is 6.54 Å². The zero-order valence-electron chi connectivity index (χ0n) is 17.3. The Kier molecular flexibility index (Phi) is 5.63. The Morgan fingerprint density at radius 3 is 2.50 bits per heavy atom. The van der Waals surface area contributed by atoms with Crippen LogP contribution >= 0.6 is 0 Å². The summed E-state index contributed by atoms with van der Waals surface area (Å²) in [6.45, 7) is 3.89. The molecule has 0 radical (unpaired) electrons. The molecule has 0 fully saturated rings. The number of carbonyl (C=O) groups is 2. The topological polar surface area (TPSA) is 124 Å². The van der Waals surface area contributed by atoms with Crippen molar-refractivity contribution in [2.75, 3.05) is 19.4 Å². The molecular weight excluding hydrogens is 408 g/mol. The molecule has 32 heavy (non-hydrogen) atoms.